The maximum absolute atomic E-state index is 5.69. The Morgan fingerprint density at radius 2 is 1.68 bits per heavy atom. The van der Waals surface area contributed by atoms with Gasteiger partial charge in [0.15, 0.2) is 11.5 Å². The van der Waals surface area contributed by atoms with E-state index in [-0.39, 0.29) is 11.5 Å². The molecule has 0 fully saturated rings. The van der Waals surface area contributed by atoms with Crippen LogP contribution in [0.25, 0.3) is 0 Å². The van der Waals surface area contributed by atoms with Gasteiger partial charge in [0.05, 0.1) is 19.3 Å². The minimum Gasteiger partial charge on any atom is -0.490 e. The third kappa shape index (κ3) is 4.11. The first kappa shape index (κ1) is 15.8. The third-order valence-corrected chi connectivity index (χ3v) is 2.93. The minimum atomic E-state index is 0.0192. The molecule has 4 heteroatoms. The highest BCUT2D eigenvalue weighted by molar-refractivity contribution is 5.44. The van der Waals surface area contributed by atoms with Crippen LogP contribution in [0.4, 0.5) is 0 Å². The van der Waals surface area contributed by atoms with Crippen molar-refractivity contribution < 1.29 is 9.47 Å². The molecule has 3 N–H and O–H groups in total. The number of nitrogens with two attached hydrogens (primary N) is 1. The van der Waals surface area contributed by atoms with E-state index in [0.717, 1.165) is 17.1 Å². The van der Waals surface area contributed by atoms with Crippen LogP contribution in [0, 0.1) is 5.41 Å². The van der Waals surface area contributed by atoms with E-state index >= 15 is 0 Å². The van der Waals surface area contributed by atoms with Crippen LogP contribution in [0.3, 0.4) is 0 Å². The molecular weight excluding hydrogens is 240 g/mol. The van der Waals surface area contributed by atoms with Gasteiger partial charge in [0.2, 0.25) is 0 Å². The summed E-state index contributed by atoms with van der Waals surface area (Å²) in [7, 11) is 0. The van der Waals surface area contributed by atoms with E-state index in [1.807, 2.05) is 32.0 Å². The van der Waals surface area contributed by atoms with Crippen LogP contribution in [0.15, 0.2) is 18.2 Å². The smallest absolute Gasteiger partial charge is 0.161 e. The van der Waals surface area contributed by atoms with E-state index in [9.17, 15) is 0 Å². The zero-order valence-corrected chi connectivity index (χ0v) is 12.6. The van der Waals surface area contributed by atoms with E-state index in [1.165, 1.54) is 0 Å². The fourth-order valence-corrected chi connectivity index (χ4v) is 2.09. The van der Waals surface area contributed by atoms with Crippen LogP contribution in [0.1, 0.15) is 46.2 Å². The molecule has 0 bridgehead atoms. The maximum Gasteiger partial charge on any atom is 0.161 e. The maximum atomic E-state index is 5.69. The number of nitrogens with one attached hydrogen (secondary N) is 1. The summed E-state index contributed by atoms with van der Waals surface area (Å²) in [6.07, 6.45) is 0. The third-order valence-electron chi connectivity index (χ3n) is 2.93. The van der Waals surface area contributed by atoms with Gasteiger partial charge in [-0.25, -0.2) is 0 Å². The van der Waals surface area contributed by atoms with Crippen LogP contribution in [-0.2, 0) is 0 Å². The first-order valence-corrected chi connectivity index (χ1v) is 6.79. The van der Waals surface area contributed by atoms with Crippen LogP contribution in [0.2, 0.25) is 0 Å². The number of hydrogen-bond donors (Lipinski definition) is 2. The van der Waals surface area contributed by atoms with E-state index in [4.69, 9.17) is 15.3 Å². The molecule has 0 amide bonds. The molecule has 4 nitrogen and oxygen atoms in total. The summed E-state index contributed by atoms with van der Waals surface area (Å²) < 4.78 is 11.2. The Hall–Kier alpha value is -1.26. The van der Waals surface area contributed by atoms with Crippen molar-refractivity contribution >= 4 is 0 Å². The minimum absolute atomic E-state index is 0.0192. The second-order valence-electron chi connectivity index (χ2n) is 5.54. The molecule has 0 saturated carbocycles. The van der Waals surface area contributed by atoms with E-state index in [1.54, 1.807) is 0 Å². The Bertz CT molecular complexity index is 400. The molecule has 0 aliphatic carbocycles. The zero-order valence-electron chi connectivity index (χ0n) is 12.6. The van der Waals surface area contributed by atoms with Crippen LogP contribution < -0.4 is 20.7 Å². The highest BCUT2D eigenvalue weighted by Crippen LogP contribution is 2.36. The van der Waals surface area contributed by atoms with Gasteiger partial charge in [0.1, 0.15) is 0 Å². The lowest BCUT2D eigenvalue weighted by Gasteiger charge is -2.30. The normalized spacial score (nSPS) is 13.2. The number of hydrazine groups is 1. The summed E-state index contributed by atoms with van der Waals surface area (Å²) in [5.74, 6) is 7.24. The number of rotatable bonds is 6. The van der Waals surface area contributed by atoms with Gasteiger partial charge in [-0.3, -0.25) is 11.3 Å². The van der Waals surface area contributed by atoms with E-state index in [2.05, 4.69) is 26.2 Å². The molecule has 0 spiro atoms. The van der Waals surface area contributed by atoms with Gasteiger partial charge in [0, 0.05) is 0 Å². The van der Waals surface area contributed by atoms with Crippen molar-refractivity contribution in [3.63, 3.8) is 0 Å². The number of hydrogen-bond acceptors (Lipinski definition) is 4. The molecule has 1 unspecified atom stereocenters. The number of ether oxygens (including phenoxy) is 2. The van der Waals surface area contributed by atoms with Crippen molar-refractivity contribution in [1.29, 1.82) is 0 Å². The molecular formula is C15H26N2O2. The summed E-state index contributed by atoms with van der Waals surface area (Å²) in [4.78, 5) is 0. The van der Waals surface area contributed by atoms with Crippen molar-refractivity contribution in [2.75, 3.05) is 13.2 Å². The van der Waals surface area contributed by atoms with E-state index in [0.29, 0.717) is 13.2 Å². The van der Waals surface area contributed by atoms with Crippen molar-refractivity contribution in [3.05, 3.63) is 23.8 Å². The molecule has 1 atom stereocenters. The predicted octanol–water partition coefficient (Wildman–Crippen LogP) is 3.03. The van der Waals surface area contributed by atoms with Gasteiger partial charge in [-0.1, -0.05) is 26.8 Å². The average molecular weight is 266 g/mol. The Balaban J connectivity index is 3.12. The van der Waals surface area contributed by atoms with Crippen molar-refractivity contribution in [1.82, 2.24) is 5.43 Å². The molecule has 1 aromatic rings. The van der Waals surface area contributed by atoms with Crippen LogP contribution in [-0.4, -0.2) is 13.2 Å². The Morgan fingerprint density at radius 1 is 1.11 bits per heavy atom. The molecule has 1 rings (SSSR count). The fraction of sp³-hybridized carbons (Fsp3) is 0.600. The molecule has 0 aliphatic rings. The Labute approximate surface area is 116 Å². The monoisotopic (exact) mass is 266 g/mol. The first-order valence-electron chi connectivity index (χ1n) is 6.79. The lowest BCUT2D eigenvalue weighted by molar-refractivity contribution is 0.269. The van der Waals surface area contributed by atoms with Gasteiger partial charge < -0.3 is 9.47 Å². The van der Waals surface area contributed by atoms with Gasteiger partial charge in [-0.15, -0.1) is 0 Å². The second kappa shape index (κ2) is 6.78. The summed E-state index contributed by atoms with van der Waals surface area (Å²) in [6, 6.07) is 6.04. The molecule has 1 aromatic carbocycles. The molecule has 0 saturated heterocycles. The Morgan fingerprint density at radius 3 is 2.16 bits per heavy atom. The lowest BCUT2D eigenvalue weighted by atomic mass is 9.83. The quantitative estimate of drug-likeness (QED) is 0.614. The summed E-state index contributed by atoms with van der Waals surface area (Å²) >= 11 is 0. The lowest BCUT2D eigenvalue weighted by Crippen LogP contribution is -2.36. The summed E-state index contributed by atoms with van der Waals surface area (Å²) in [6.45, 7) is 11.6. The number of benzene rings is 1. The van der Waals surface area contributed by atoms with Gasteiger partial charge in [0.25, 0.3) is 0 Å². The van der Waals surface area contributed by atoms with Crippen LogP contribution in [0.5, 0.6) is 11.5 Å². The van der Waals surface area contributed by atoms with Crippen LogP contribution >= 0.6 is 0 Å². The molecule has 0 aliphatic heterocycles. The van der Waals surface area contributed by atoms with Gasteiger partial charge in [-0.05, 0) is 37.0 Å². The fourth-order valence-electron chi connectivity index (χ4n) is 2.09. The zero-order chi connectivity index (χ0) is 14.5. The molecule has 19 heavy (non-hydrogen) atoms. The van der Waals surface area contributed by atoms with E-state index < -0.39 is 0 Å². The van der Waals surface area contributed by atoms with Crippen molar-refractivity contribution in [3.8, 4) is 11.5 Å². The highest BCUT2D eigenvalue weighted by atomic mass is 16.5. The van der Waals surface area contributed by atoms with Crippen molar-refractivity contribution in [2.45, 2.75) is 40.7 Å². The molecule has 0 heterocycles. The summed E-state index contributed by atoms with van der Waals surface area (Å²) in [5.41, 5.74) is 4.00. The second-order valence-corrected chi connectivity index (χ2v) is 5.54. The van der Waals surface area contributed by atoms with Gasteiger partial charge >= 0.3 is 0 Å². The SMILES string of the molecule is CCOc1ccc(C(NN)C(C)(C)C)cc1OCC. The molecule has 108 valence electrons. The van der Waals surface area contributed by atoms with Gasteiger partial charge in [-0.2, -0.15) is 0 Å². The average Bonchev–Trinajstić information content (AvgIpc) is 2.32. The highest BCUT2D eigenvalue weighted by Gasteiger charge is 2.26. The van der Waals surface area contributed by atoms with Crippen molar-refractivity contribution in [2.24, 2.45) is 11.3 Å². The first-order chi connectivity index (χ1) is 8.93. The molecule has 0 aromatic heterocycles. The summed E-state index contributed by atoms with van der Waals surface area (Å²) in [5, 5.41) is 0. The largest absolute Gasteiger partial charge is 0.490 e. The predicted molar refractivity (Wildman–Crippen MR) is 78.3 cm³/mol. The topological polar surface area (TPSA) is 56.5 Å². The standard InChI is InChI=1S/C15H26N2O2/c1-6-18-12-9-8-11(10-13(12)19-7-2)14(17-16)15(3,4)5/h8-10,14,17H,6-7,16H2,1-5H3. The molecule has 0 radical (unpaired) electrons. The Kier molecular flexibility index (Phi) is 5.63.